The Morgan fingerprint density at radius 2 is 1.76 bits per heavy atom. The number of thiocarbonyl (C=S) groups is 1. The van der Waals surface area contributed by atoms with Gasteiger partial charge in [-0.2, -0.15) is 0 Å². The maximum absolute atomic E-state index is 14.0. The van der Waals surface area contributed by atoms with Crippen LogP contribution in [0.5, 0.6) is 5.75 Å². The summed E-state index contributed by atoms with van der Waals surface area (Å²) >= 11 is 6.59. The number of nitrogens with zero attached hydrogens (tertiary/aromatic N) is 2. The Hall–Kier alpha value is -3.39. The van der Waals surface area contributed by atoms with Gasteiger partial charge in [-0.15, -0.1) is 0 Å². The third-order valence-corrected chi connectivity index (χ3v) is 9.52. The first-order chi connectivity index (χ1) is 21.7. The van der Waals surface area contributed by atoms with Crippen LogP contribution >= 0.6 is 24.0 Å². The molecule has 2 amide bonds. The predicted molar refractivity (Wildman–Crippen MR) is 171 cm³/mol. The number of thioether (sulfide) groups is 1. The van der Waals surface area contributed by atoms with Crippen LogP contribution in [0.3, 0.4) is 0 Å². The Morgan fingerprint density at radius 1 is 1.04 bits per heavy atom. The van der Waals surface area contributed by atoms with E-state index < -0.39 is 17.6 Å². The quantitative estimate of drug-likeness (QED) is 0.262. The molecule has 5 rings (SSSR count). The van der Waals surface area contributed by atoms with Crippen molar-refractivity contribution in [2.75, 3.05) is 46.0 Å². The van der Waals surface area contributed by atoms with Gasteiger partial charge in [-0.1, -0.05) is 30.0 Å². The third kappa shape index (κ3) is 8.87. The van der Waals surface area contributed by atoms with Crippen LogP contribution in [-0.2, 0) is 19.1 Å². The molecule has 0 spiro atoms. The van der Waals surface area contributed by atoms with E-state index in [1.807, 2.05) is 0 Å². The van der Waals surface area contributed by atoms with Crippen molar-refractivity contribution < 1.29 is 37.7 Å². The number of carbonyl (C=O) groups excluding carboxylic acids is 2. The standard InChI is InChI=1S/C32H35F2N3O6S2/c33-24-16-22(17-25(34)19-24)21-3-6-27(43-14-11-36-9-12-42-13-10-36)23(15-21)18-28-30(39)37(32(44)45-28)8-7-29(38)35-26-4-1-20(2-5-26)31(40)41/h3,6,15-20,26H,1-2,4-5,7-14H2,(H,35,38)(H,40,41)/b28-18-. The van der Waals surface area contributed by atoms with Gasteiger partial charge in [-0.3, -0.25) is 24.2 Å². The molecule has 0 unspecified atom stereocenters. The molecule has 0 bridgehead atoms. The maximum Gasteiger partial charge on any atom is 0.306 e. The largest absolute Gasteiger partial charge is 0.492 e. The van der Waals surface area contributed by atoms with E-state index in [2.05, 4.69) is 10.2 Å². The van der Waals surface area contributed by atoms with Crippen LogP contribution in [0.15, 0.2) is 41.3 Å². The number of benzene rings is 2. The number of hydrogen-bond donors (Lipinski definition) is 2. The predicted octanol–water partition coefficient (Wildman–Crippen LogP) is 4.69. The highest BCUT2D eigenvalue weighted by Crippen LogP contribution is 2.36. The van der Waals surface area contributed by atoms with E-state index >= 15 is 0 Å². The van der Waals surface area contributed by atoms with Crippen molar-refractivity contribution in [1.29, 1.82) is 0 Å². The number of rotatable bonds is 11. The highest BCUT2D eigenvalue weighted by molar-refractivity contribution is 8.26. The Balaban J connectivity index is 1.27. The molecular weight excluding hydrogens is 624 g/mol. The van der Waals surface area contributed by atoms with Crippen LogP contribution in [0, 0.1) is 17.6 Å². The number of ether oxygens (including phenoxy) is 2. The molecule has 0 atom stereocenters. The molecule has 0 radical (unpaired) electrons. The summed E-state index contributed by atoms with van der Waals surface area (Å²) in [6.45, 7) is 4.14. The van der Waals surface area contributed by atoms with Crippen molar-refractivity contribution in [2.45, 2.75) is 38.1 Å². The van der Waals surface area contributed by atoms with E-state index in [-0.39, 0.29) is 36.7 Å². The van der Waals surface area contributed by atoms with Gasteiger partial charge in [-0.05, 0) is 67.2 Å². The lowest BCUT2D eigenvalue weighted by Gasteiger charge is -2.27. The molecule has 13 heteroatoms. The van der Waals surface area contributed by atoms with Crippen molar-refractivity contribution >= 4 is 52.2 Å². The first-order valence-corrected chi connectivity index (χ1v) is 16.2. The van der Waals surface area contributed by atoms with Gasteiger partial charge in [0.05, 0.1) is 24.0 Å². The molecule has 2 aromatic carbocycles. The van der Waals surface area contributed by atoms with Crippen LogP contribution in [0.1, 0.15) is 37.7 Å². The lowest BCUT2D eigenvalue weighted by molar-refractivity contribution is -0.142. The molecule has 9 nitrogen and oxygen atoms in total. The van der Waals surface area contributed by atoms with E-state index in [0.29, 0.717) is 83.7 Å². The molecule has 3 fully saturated rings. The molecule has 45 heavy (non-hydrogen) atoms. The maximum atomic E-state index is 14.0. The zero-order chi connectivity index (χ0) is 31.9. The minimum atomic E-state index is -0.802. The highest BCUT2D eigenvalue weighted by Gasteiger charge is 2.33. The van der Waals surface area contributed by atoms with Gasteiger partial charge in [-0.25, -0.2) is 8.78 Å². The summed E-state index contributed by atoms with van der Waals surface area (Å²) in [6.07, 6.45) is 3.95. The number of nitrogens with one attached hydrogen (secondary N) is 1. The Labute approximate surface area is 269 Å². The molecule has 2 saturated heterocycles. The topological polar surface area (TPSA) is 108 Å². The second-order valence-corrected chi connectivity index (χ2v) is 12.9. The monoisotopic (exact) mass is 659 g/mol. The molecule has 3 aliphatic rings. The van der Waals surface area contributed by atoms with Gasteiger partial charge >= 0.3 is 5.97 Å². The van der Waals surface area contributed by atoms with Gasteiger partial charge in [0.25, 0.3) is 5.91 Å². The summed E-state index contributed by atoms with van der Waals surface area (Å²) in [4.78, 5) is 41.2. The van der Waals surface area contributed by atoms with Crippen molar-refractivity contribution in [3.63, 3.8) is 0 Å². The second kappa shape index (κ2) is 15.3. The number of carboxylic acids is 1. The molecule has 240 valence electrons. The van der Waals surface area contributed by atoms with E-state index in [1.54, 1.807) is 24.3 Å². The van der Waals surface area contributed by atoms with Gasteiger partial charge < -0.3 is 19.9 Å². The van der Waals surface area contributed by atoms with E-state index in [1.165, 1.54) is 17.0 Å². The zero-order valence-electron chi connectivity index (χ0n) is 24.6. The smallest absolute Gasteiger partial charge is 0.306 e. The number of halogens is 2. The SMILES string of the molecule is O=C(CCN1C(=O)/C(=C/c2cc(-c3cc(F)cc(F)c3)ccc2OCCN2CCOCC2)SC1=S)NC1CCC(C(=O)O)CC1. The summed E-state index contributed by atoms with van der Waals surface area (Å²) in [6, 6.07) is 8.36. The van der Waals surface area contributed by atoms with Crippen molar-refractivity contribution in [3.8, 4) is 16.9 Å². The lowest BCUT2D eigenvalue weighted by Crippen LogP contribution is -2.40. The highest BCUT2D eigenvalue weighted by atomic mass is 32.2. The van der Waals surface area contributed by atoms with E-state index in [9.17, 15) is 28.3 Å². The van der Waals surface area contributed by atoms with Crippen LogP contribution in [-0.4, -0.2) is 89.1 Å². The lowest BCUT2D eigenvalue weighted by atomic mass is 9.86. The summed E-state index contributed by atoms with van der Waals surface area (Å²) < 4.78 is 39.8. The normalized spacial score (nSPS) is 21.7. The average molecular weight is 660 g/mol. The van der Waals surface area contributed by atoms with E-state index in [0.717, 1.165) is 30.9 Å². The summed E-state index contributed by atoms with van der Waals surface area (Å²) in [5.41, 5.74) is 1.44. The van der Waals surface area contributed by atoms with Gasteiger partial charge in [0, 0.05) is 50.3 Å². The van der Waals surface area contributed by atoms with Crippen LogP contribution in [0.25, 0.3) is 17.2 Å². The molecule has 2 N–H and O–H groups in total. The third-order valence-electron chi connectivity index (χ3n) is 8.14. The molecule has 2 aromatic rings. The Bertz CT molecular complexity index is 1450. The first-order valence-electron chi connectivity index (χ1n) is 15.0. The molecule has 2 heterocycles. The minimum Gasteiger partial charge on any atom is -0.492 e. The number of carboxylic acid groups (broad SMARTS) is 1. The number of morpholine rings is 1. The average Bonchev–Trinajstić information content (AvgIpc) is 3.28. The van der Waals surface area contributed by atoms with Gasteiger partial charge in [0.1, 0.15) is 28.3 Å². The summed E-state index contributed by atoms with van der Waals surface area (Å²) in [5, 5.41) is 12.1. The van der Waals surface area contributed by atoms with Crippen LogP contribution in [0.2, 0.25) is 0 Å². The molecular formula is C32H35F2N3O6S2. The molecule has 0 aromatic heterocycles. The minimum absolute atomic E-state index is 0.0507. The summed E-state index contributed by atoms with van der Waals surface area (Å²) in [5.74, 6) is -2.63. The fourth-order valence-corrected chi connectivity index (χ4v) is 6.93. The number of amides is 2. The van der Waals surface area contributed by atoms with Crippen LogP contribution in [0.4, 0.5) is 8.78 Å². The van der Waals surface area contributed by atoms with Gasteiger partial charge in [0.15, 0.2) is 0 Å². The number of carbonyl (C=O) groups is 3. The first kappa shape index (κ1) is 33.0. The Kier molecular flexibility index (Phi) is 11.2. The van der Waals surface area contributed by atoms with E-state index in [4.69, 9.17) is 21.7 Å². The summed E-state index contributed by atoms with van der Waals surface area (Å²) in [7, 11) is 0. The van der Waals surface area contributed by atoms with Crippen molar-refractivity contribution in [2.24, 2.45) is 5.92 Å². The Morgan fingerprint density at radius 3 is 2.44 bits per heavy atom. The number of aliphatic carboxylic acids is 1. The zero-order valence-corrected chi connectivity index (χ0v) is 26.3. The van der Waals surface area contributed by atoms with Crippen molar-refractivity contribution in [3.05, 3.63) is 58.5 Å². The fraction of sp³-hybridized carbons (Fsp3) is 0.438. The van der Waals surface area contributed by atoms with Crippen LogP contribution < -0.4 is 10.1 Å². The second-order valence-electron chi connectivity index (χ2n) is 11.3. The fourth-order valence-electron chi connectivity index (χ4n) is 5.63. The molecule has 1 aliphatic carbocycles. The molecule has 1 saturated carbocycles. The van der Waals surface area contributed by atoms with Crippen molar-refractivity contribution in [1.82, 2.24) is 15.1 Å². The molecule has 2 aliphatic heterocycles. The number of hydrogen-bond acceptors (Lipinski definition) is 8. The van der Waals surface area contributed by atoms with Gasteiger partial charge in [0.2, 0.25) is 5.91 Å².